The standard InChI is InChI=1S/C27H36N3O8P/c1-4-36-39(32,37-5-2)19-24-25(29-30-28)27(35-17-22-14-10-7-11-15-22)26(23(38-24)18-33-20(3)31)34-16-21-12-8-6-9-13-21/h6-15,23-27H,4-5,16-19H2,1-3H3/t23?,24-,25?,26-,27+/m0/s1. The van der Waals surface area contributed by atoms with Crippen LogP contribution in [0.5, 0.6) is 0 Å². The molecule has 2 unspecified atom stereocenters. The monoisotopic (exact) mass is 561 g/mol. The minimum Gasteiger partial charge on any atom is -0.463 e. The van der Waals surface area contributed by atoms with Crippen LogP contribution < -0.4 is 0 Å². The van der Waals surface area contributed by atoms with Gasteiger partial charge in [-0.05, 0) is 30.5 Å². The number of benzene rings is 2. The number of nitrogens with zero attached hydrogens (tertiary/aromatic N) is 3. The molecule has 0 bridgehead atoms. The number of rotatable bonds is 15. The van der Waals surface area contributed by atoms with Crippen molar-refractivity contribution in [1.82, 2.24) is 0 Å². The predicted octanol–water partition coefficient (Wildman–Crippen LogP) is 5.43. The molecule has 212 valence electrons. The van der Waals surface area contributed by atoms with E-state index in [2.05, 4.69) is 10.0 Å². The molecular formula is C27H36N3O8P. The van der Waals surface area contributed by atoms with Crippen molar-refractivity contribution in [2.75, 3.05) is 26.0 Å². The van der Waals surface area contributed by atoms with Crippen LogP contribution in [-0.2, 0) is 50.6 Å². The zero-order chi connectivity index (χ0) is 28.1. The summed E-state index contributed by atoms with van der Waals surface area (Å²) in [5.41, 5.74) is 11.3. The van der Waals surface area contributed by atoms with Gasteiger partial charge in [-0.3, -0.25) is 9.36 Å². The van der Waals surface area contributed by atoms with Gasteiger partial charge in [0.2, 0.25) is 0 Å². The fourth-order valence-electron chi connectivity index (χ4n) is 4.37. The Morgan fingerprint density at radius 2 is 1.46 bits per heavy atom. The fraction of sp³-hybridized carbons (Fsp3) is 0.519. The van der Waals surface area contributed by atoms with E-state index in [-0.39, 0.29) is 39.2 Å². The Bertz CT molecular complexity index is 1110. The van der Waals surface area contributed by atoms with Crippen molar-refractivity contribution < 1.29 is 37.4 Å². The Balaban J connectivity index is 1.97. The Morgan fingerprint density at radius 3 is 1.95 bits per heavy atom. The van der Waals surface area contributed by atoms with Gasteiger partial charge < -0.3 is 28.0 Å². The van der Waals surface area contributed by atoms with E-state index in [1.165, 1.54) is 6.92 Å². The Morgan fingerprint density at radius 1 is 0.923 bits per heavy atom. The van der Waals surface area contributed by atoms with E-state index in [1.807, 2.05) is 60.7 Å². The van der Waals surface area contributed by atoms with Crippen LogP contribution in [-0.4, -0.2) is 62.4 Å². The van der Waals surface area contributed by atoms with Crippen molar-refractivity contribution in [2.45, 2.75) is 64.4 Å². The van der Waals surface area contributed by atoms with Crippen LogP contribution >= 0.6 is 7.60 Å². The molecule has 0 spiro atoms. The Hall–Kier alpha value is -2.75. The first-order valence-electron chi connectivity index (χ1n) is 12.9. The molecule has 5 atom stereocenters. The summed E-state index contributed by atoms with van der Waals surface area (Å²) < 4.78 is 48.7. The second kappa shape index (κ2) is 15.7. The molecule has 11 nitrogen and oxygen atoms in total. The molecular weight excluding hydrogens is 525 g/mol. The molecule has 2 aromatic carbocycles. The number of carbonyl (C=O) groups excluding carboxylic acids is 1. The maximum absolute atomic E-state index is 13.5. The lowest BCUT2D eigenvalue weighted by molar-refractivity contribution is -0.223. The van der Waals surface area contributed by atoms with Gasteiger partial charge in [-0.25, -0.2) is 0 Å². The van der Waals surface area contributed by atoms with E-state index < -0.39 is 44.0 Å². The van der Waals surface area contributed by atoms with Crippen LogP contribution in [0.1, 0.15) is 31.9 Å². The second-order valence-corrected chi connectivity index (χ2v) is 11.0. The SMILES string of the molecule is CCOP(=O)(C[C@@H]1OC(COC(C)=O)[C@H](OCc2ccccc2)[C@H](OCc2ccccc2)C1N=[N+]=[N-])OCC. The number of esters is 1. The third kappa shape index (κ3) is 9.44. The number of hydrogen-bond donors (Lipinski definition) is 0. The van der Waals surface area contributed by atoms with Gasteiger partial charge in [0.1, 0.15) is 18.8 Å². The summed E-state index contributed by atoms with van der Waals surface area (Å²) in [6.07, 6.45) is -3.56. The average Bonchev–Trinajstić information content (AvgIpc) is 2.92. The highest BCUT2D eigenvalue weighted by Gasteiger charge is 2.50. The molecule has 1 aliphatic rings. The lowest BCUT2D eigenvalue weighted by Gasteiger charge is -2.45. The van der Waals surface area contributed by atoms with E-state index in [9.17, 15) is 14.9 Å². The maximum Gasteiger partial charge on any atom is 0.333 e. The van der Waals surface area contributed by atoms with Crippen LogP contribution in [0.15, 0.2) is 65.8 Å². The van der Waals surface area contributed by atoms with E-state index in [4.69, 9.17) is 28.0 Å². The lowest BCUT2D eigenvalue weighted by atomic mass is 9.93. The van der Waals surface area contributed by atoms with Crippen LogP contribution in [0.25, 0.3) is 10.4 Å². The molecule has 0 saturated carbocycles. The molecule has 1 fully saturated rings. The largest absolute Gasteiger partial charge is 0.463 e. The van der Waals surface area contributed by atoms with Gasteiger partial charge in [0, 0.05) is 11.8 Å². The quantitative estimate of drug-likeness (QED) is 0.0922. The summed E-state index contributed by atoms with van der Waals surface area (Å²) in [7, 11) is -3.61. The molecule has 39 heavy (non-hydrogen) atoms. The zero-order valence-electron chi connectivity index (χ0n) is 22.5. The summed E-state index contributed by atoms with van der Waals surface area (Å²) >= 11 is 0. The molecule has 3 rings (SSSR count). The van der Waals surface area contributed by atoms with Crippen molar-refractivity contribution in [2.24, 2.45) is 5.11 Å². The van der Waals surface area contributed by atoms with Crippen molar-refractivity contribution in [1.29, 1.82) is 0 Å². The first-order valence-corrected chi connectivity index (χ1v) is 14.6. The Kier molecular flexibility index (Phi) is 12.4. The van der Waals surface area contributed by atoms with Gasteiger partial charge >= 0.3 is 13.6 Å². The molecule has 0 amide bonds. The van der Waals surface area contributed by atoms with E-state index in [0.29, 0.717) is 0 Å². The number of hydrogen-bond acceptors (Lipinski definition) is 9. The highest BCUT2D eigenvalue weighted by atomic mass is 31.2. The predicted molar refractivity (Wildman–Crippen MR) is 144 cm³/mol. The average molecular weight is 562 g/mol. The van der Waals surface area contributed by atoms with Crippen molar-refractivity contribution in [3.8, 4) is 0 Å². The maximum atomic E-state index is 13.5. The molecule has 0 radical (unpaired) electrons. The third-order valence-electron chi connectivity index (χ3n) is 6.02. The van der Waals surface area contributed by atoms with Crippen LogP contribution in [0.3, 0.4) is 0 Å². The van der Waals surface area contributed by atoms with Crippen molar-refractivity contribution >= 4 is 13.6 Å². The molecule has 1 heterocycles. The summed E-state index contributed by atoms with van der Waals surface area (Å²) in [5, 5.41) is 4.01. The van der Waals surface area contributed by atoms with Gasteiger partial charge in [0.05, 0.1) is 50.8 Å². The summed E-state index contributed by atoms with van der Waals surface area (Å²) in [5.74, 6) is -0.495. The van der Waals surface area contributed by atoms with Gasteiger partial charge in [-0.1, -0.05) is 65.8 Å². The molecule has 1 aliphatic heterocycles. The van der Waals surface area contributed by atoms with Crippen molar-refractivity contribution in [3.63, 3.8) is 0 Å². The first-order chi connectivity index (χ1) is 18.9. The first kappa shape index (κ1) is 30.8. The van der Waals surface area contributed by atoms with Gasteiger partial charge in [0.15, 0.2) is 0 Å². The second-order valence-electron chi connectivity index (χ2n) is 8.86. The number of ether oxygens (including phenoxy) is 4. The van der Waals surface area contributed by atoms with Crippen LogP contribution in [0.4, 0.5) is 0 Å². The molecule has 12 heteroatoms. The van der Waals surface area contributed by atoms with Gasteiger partial charge in [-0.2, -0.15) is 0 Å². The minimum absolute atomic E-state index is 0.146. The fourth-order valence-corrected chi connectivity index (χ4v) is 6.18. The summed E-state index contributed by atoms with van der Waals surface area (Å²) in [4.78, 5) is 14.8. The topological polar surface area (TPSA) is 138 Å². The van der Waals surface area contributed by atoms with E-state index in [1.54, 1.807) is 13.8 Å². The molecule has 0 aliphatic carbocycles. The molecule has 0 N–H and O–H groups in total. The molecule has 2 aromatic rings. The minimum atomic E-state index is -3.61. The van der Waals surface area contributed by atoms with Gasteiger partial charge in [-0.15, -0.1) is 0 Å². The van der Waals surface area contributed by atoms with E-state index >= 15 is 0 Å². The normalized spacial score (nSPS) is 23.1. The number of carbonyl (C=O) groups is 1. The zero-order valence-corrected chi connectivity index (χ0v) is 23.4. The van der Waals surface area contributed by atoms with Crippen LogP contribution in [0.2, 0.25) is 0 Å². The lowest BCUT2D eigenvalue weighted by Crippen LogP contribution is -2.60. The smallest absolute Gasteiger partial charge is 0.333 e. The third-order valence-corrected chi connectivity index (χ3v) is 8.13. The van der Waals surface area contributed by atoms with E-state index in [0.717, 1.165) is 11.1 Å². The highest BCUT2D eigenvalue weighted by Crippen LogP contribution is 2.50. The summed E-state index contributed by atoms with van der Waals surface area (Å²) in [6.45, 7) is 5.28. The molecule has 0 aromatic heterocycles. The molecule has 1 saturated heterocycles. The number of azide groups is 1. The van der Waals surface area contributed by atoms with Gasteiger partial charge in [0.25, 0.3) is 0 Å². The van der Waals surface area contributed by atoms with Crippen LogP contribution in [0, 0.1) is 0 Å². The van der Waals surface area contributed by atoms with Crippen molar-refractivity contribution in [3.05, 3.63) is 82.2 Å². The summed E-state index contributed by atoms with van der Waals surface area (Å²) in [6, 6.07) is 18.1. The Labute approximate surface area is 228 Å². The highest BCUT2D eigenvalue weighted by molar-refractivity contribution is 7.53.